The van der Waals surface area contributed by atoms with Crippen LogP contribution in [0.25, 0.3) is 0 Å². The third kappa shape index (κ3) is 5.28. The number of amides is 1. The van der Waals surface area contributed by atoms with Gasteiger partial charge in [0, 0.05) is 13.1 Å². The van der Waals surface area contributed by atoms with Crippen LogP contribution in [0.1, 0.15) is 47.8 Å². The van der Waals surface area contributed by atoms with Crippen LogP contribution in [-0.4, -0.2) is 40.8 Å². The van der Waals surface area contributed by atoms with Gasteiger partial charge in [-0.15, -0.1) is 0 Å². The van der Waals surface area contributed by atoms with Gasteiger partial charge in [-0.1, -0.05) is 6.07 Å². The van der Waals surface area contributed by atoms with E-state index >= 15 is 0 Å². The number of benzene rings is 2. The summed E-state index contributed by atoms with van der Waals surface area (Å²) in [4.78, 5) is 25.2. The first-order valence-electron chi connectivity index (χ1n) is 9.74. The molecule has 0 radical (unpaired) electrons. The van der Waals surface area contributed by atoms with E-state index in [0.29, 0.717) is 24.6 Å². The molecule has 1 amide bonds. The molecular weight excluding hydrogens is 370 g/mol. The topological polar surface area (TPSA) is 76.1 Å². The predicted molar refractivity (Wildman–Crippen MR) is 110 cm³/mol. The summed E-state index contributed by atoms with van der Waals surface area (Å²) in [6.07, 6.45) is 1.21. The van der Waals surface area contributed by atoms with E-state index in [9.17, 15) is 9.59 Å². The lowest BCUT2D eigenvalue weighted by molar-refractivity contribution is 0.0258. The fourth-order valence-electron chi connectivity index (χ4n) is 3.30. The zero-order chi connectivity index (χ0) is 21.2. The summed E-state index contributed by atoms with van der Waals surface area (Å²) >= 11 is 0. The summed E-state index contributed by atoms with van der Waals surface area (Å²) in [5.74, 6) is 0.360. The second kappa shape index (κ2) is 8.15. The maximum absolute atomic E-state index is 12.4. The second-order valence-corrected chi connectivity index (χ2v) is 8.29. The number of carboxylic acids is 1. The number of rotatable bonds is 3. The van der Waals surface area contributed by atoms with E-state index in [2.05, 4.69) is 0 Å². The Kier molecular flexibility index (Phi) is 5.82. The van der Waals surface area contributed by atoms with Gasteiger partial charge in [-0.3, -0.25) is 0 Å². The number of nitrogens with zero attached hydrogens (tertiary/aromatic N) is 1. The maximum atomic E-state index is 12.4. The van der Waals surface area contributed by atoms with Gasteiger partial charge in [0.1, 0.15) is 17.1 Å². The average molecular weight is 397 g/mol. The lowest BCUT2D eigenvalue weighted by atomic mass is 10.0. The highest BCUT2D eigenvalue weighted by Gasteiger charge is 2.24. The SMILES string of the molecule is Cc1cc(C(=O)O)ccc1Oc1ccc2c(c1)CCN(C(=O)OC(C)(C)C)CC2. The van der Waals surface area contributed by atoms with Crippen molar-refractivity contribution < 1.29 is 24.2 Å². The molecule has 0 atom stereocenters. The first kappa shape index (κ1) is 20.7. The fraction of sp³-hybridized carbons (Fsp3) is 0.391. The van der Waals surface area contributed by atoms with Crippen molar-refractivity contribution in [1.82, 2.24) is 4.90 Å². The molecule has 154 valence electrons. The number of ether oxygens (including phenoxy) is 2. The number of aryl methyl sites for hydroxylation is 1. The van der Waals surface area contributed by atoms with Crippen LogP contribution in [0.4, 0.5) is 4.79 Å². The van der Waals surface area contributed by atoms with Gasteiger partial charge in [-0.2, -0.15) is 0 Å². The molecule has 1 N–H and O–H groups in total. The minimum absolute atomic E-state index is 0.235. The molecule has 6 heteroatoms. The molecule has 0 bridgehead atoms. The fourth-order valence-corrected chi connectivity index (χ4v) is 3.30. The van der Waals surface area contributed by atoms with Crippen molar-refractivity contribution >= 4 is 12.1 Å². The number of carbonyl (C=O) groups excluding carboxylic acids is 1. The summed E-state index contributed by atoms with van der Waals surface area (Å²) in [6, 6.07) is 10.7. The Labute approximate surface area is 171 Å². The summed E-state index contributed by atoms with van der Waals surface area (Å²) in [6.45, 7) is 8.64. The van der Waals surface area contributed by atoms with E-state index in [-0.39, 0.29) is 11.7 Å². The largest absolute Gasteiger partial charge is 0.478 e. The molecule has 0 aliphatic carbocycles. The van der Waals surface area contributed by atoms with Gasteiger partial charge in [0.05, 0.1) is 5.56 Å². The molecule has 1 heterocycles. The van der Waals surface area contributed by atoms with E-state index in [1.54, 1.807) is 17.0 Å². The molecule has 0 fully saturated rings. The third-order valence-corrected chi connectivity index (χ3v) is 4.78. The van der Waals surface area contributed by atoms with Crippen LogP contribution in [0.3, 0.4) is 0 Å². The summed E-state index contributed by atoms with van der Waals surface area (Å²) in [5, 5.41) is 9.09. The average Bonchev–Trinajstić information content (AvgIpc) is 2.84. The normalized spacial score (nSPS) is 14.0. The summed E-state index contributed by atoms with van der Waals surface area (Å²) in [5.41, 5.74) is 2.83. The van der Waals surface area contributed by atoms with Crippen LogP contribution in [0.2, 0.25) is 0 Å². The van der Waals surface area contributed by atoms with E-state index < -0.39 is 11.6 Å². The van der Waals surface area contributed by atoms with Gasteiger partial charge in [0.2, 0.25) is 0 Å². The minimum Gasteiger partial charge on any atom is -0.478 e. The van der Waals surface area contributed by atoms with Crippen LogP contribution in [-0.2, 0) is 17.6 Å². The maximum Gasteiger partial charge on any atom is 0.410 e. The van der Waals surface area contributed by atoms with Crippen molar-refractivity contribution in [3.8, 4) is 11.5 Å². The van der Waals surface area contributed by atoms with Gasteiger partial charge in [-0.05, 0) is 87.6 Å². The Hall–Kier alpha value is -3.02. The van der Waals surface area contributed by atoms with Crippen molar-refractivity contribution in [3.05, 3.63) is 58.7 Å². The highest BCUT2D eigenvalue weighted by Crippen LogP contribution is 2.29. The van der Waals surface area contributed by atoms with Gasteiger partial charge in [-0.25, -0.2) is 9.59 Å². The Morgan fingerprint density at radius 2 is 1.69 bits per heavy atom. The minimum atomic E-state index is -0.959. The highest BCUT2D eigenvalue weighted by atomic mass is 16.6. The number of hydrogen-bond acceptors (Lipinski definition) is 4. The van der Waals surface area contributed by atoms with Crippen LogP contribution in [0.15, 0.2) is 36.4 Å². The molecule has 0 saturated carbocycles. The Morgan fingerprint density at radius 1 is 1.00 bits per heavy atom. The Morgan fingerprint density at radius 3 is 2.31 bits per heavy atom. The van der Waals surface area contributed by atoms with Crippen LogP contribution in [0.5, 0.6) is 11.5 Å². The number of hydrogen-bond donors (Lipinski definition) is 1. The monoisotopic (exact) mass is 397 g/mol. The molecule has 3 rings (SSSR count). The molecule has 0 spiro atoms. The van der Waals surface area contributed by atoms with Gasteiger partial charge in [0.15, 0.2) is 0 Å². The molecule has 2 aromatic carbocycles. The second-order valence-electron chi connectivity index (χ2n) is 8.29. The number of aromatic carboxylic acids is 1. The standard InChI is InChI=1S/C23H27NO5/c1-15-13-18(21(25)26)6-8-20(15)28-19-7-5-16-9-11-24(12-10-17(16)14-19)22(27)29-23(2,3)4/h5-8,13-14H,9-12H2,1-4H3,(H,25,26). The smallest absolute Gasteiger partial charge is 0.410 e. The molecule has 0 saturated heterocycles. The number of fused-ring (bicyclic) bond motifs is 1. The highest BCUT2D eigenvalue weighted by molar-refractivity contribution is 5.88. The van der Waals surface area contributed by atoms with E-state index in [4.69, 9.17) is 14.6 Å². The van der Waals surface area contributed by atoms with Crippen molar-refractivity contribution in [2.24, 2.45) is 0 Å². The molecule has 0 unspecified atom stereocenters. The van der Waals surface area contributed by atoms with Crippen LogP contribution in [0, 0.1) is 6.92 Å². The first-order valence-corrected chi connectivity index (χ1v) is 9.74. The number of carbonyl (C=O) groups is 2. The quantitative estimate of drug-likeness (QED) is 0.803. The molecular formula is C23H27NO5. The van der Waals surface area contributed by atoms with E-state index in [1.807, 2.05) is 45.9 Å². The predicted octanol–water partition coefficient (Wildman–Crippen LogP) is 4.82. The Bertz CT molecular complexity index is 929. The van der Waals surface area contributed by atoms with Crippen LogP contribution < -0.4 is 4.74 Å². The lowest BCUT2D eigenvalue weighted by Gasteiger charge is -2.26. The van der Waals surface area contributed by atoms with Gasteiger partial charge >= 0.3 is 12.1 Å². The Balaban J connectivity index is 1.72. The van der Waals surface area contributed by atoms with Crippen LogP contribution >= 0.6 is 0 Å². The van der Waals surface area contributed by atoms with E-state index in [0.717, 1.165) is 24.0 Å². The van der Waals surface area contributed by atoms with Crippen molar-refractivity contribution in [1.29, 1.82) is 0 Å². The zero-order valence-electron chi connectivity index (χ0n) is 17.3. The molecule has 1 aliphatic rings. The summed E-state index contributed by atoms with van der Waals surface area (Å²) < 4.78 is 11.5. The number of carboxylic acid groups (broad SMARTS) is 1. The van der Waals surface area contributed by atoms with Gasteiger partial charge < -0.3 is 19.5 Å². The molecule has 1 aliphatic heterocycles. The molecule has 2 aromatic rings. The zero-order valence-corrected chi connectivity index (χ0v) is 17.3. The van der Waals surface area contributed by atoms with E-state index in [1.165, 1.54) is 11.6 Å². The summed E-state index contributed by atoms with van der Waals surface area (Å²) in [7, 11) is 0. The van der Waals surface area contributed by atoms with Crippen molar-refractivity contribution in [3.63, 3.8) is 0 Å². The third-order valence-electron chi connectivity index (χ3n) is 4.78. The van der Waals surface area contributed by atoms with Gasteiger partial charge in [0.25, 0.3) is 0 Å². The molecule has 0 aromatic heterocycles. The van der Waals surface area contributed by atoms with Crippen molar-refractivity contribution in [2.75, 3.05) is 13.1 Å². The van der Waals surface area contributed by atoms with Crippen molar-refractivity contribution in [2.45, 2.75) is 46.1 Å². The molecule has 6 nitrogen and oxygen atoms in total. The first-order chi connectivity index (χ1) is 13.6. The molecule has 29 heavy (non-hydrogen) atoms. The lowest BCUT2D eigenvalue weighted by Crippen LogP contribution is -2.38.